The van der Waals surface area contributed by atoms with Crippen LogP contribution in [0.2, 0.25) is 0 Å². The fourth-order valence-electron chi connectivity index (χ4n) is 1.88. The van der Waals surface area contributed by atoms with Crippen LogP contribution in [0.5, 0.6) is 11.5 Å². The highest BCUT2D eigenvalue weighted by Gasteiger charge is 2.13. The van der Waals surface area contributed by atoms with Gasteiger partial charge in [0, 0.05) is 0 Å². The average molecular weight is 402 g/mol. The third kappa shape index (κ3) is 6.30. The maximum Gasteiger partial charge on any atom is 0.349 e. The first-order valence-corrected chi connectivity index (χ1v) is 9.38. The molecular formula is C16H18O8S2. The lowest BCUT2D eigenvalue weighted by Gasteiger charge is -2.08. The molecule has 2 heterocycles. The van der Waals surface area contributed by atoms with Crippen LogP contribution in [0.4, 0.5) is 0 Å². The Morgan fingerprint density at radius 2 is 1.12 bits per heavy atom. The van der Waals surface area contributed by atoms with Crippen LogP contribution in [0.3, 0.4) is 0 Å². The van der Waals surface area contributed by atoms with Crippen molar-refractivity contribution in [2.75, 3.05) is 39.6 Å². The fourth-order valence-corrected chi connectivity index (χ4v) is 3.22. The summed E-state index contributed by atoms with van der Waals surface area (Å²) < 4.78 is 21.4. The first-order valence-electron chi connectivity index (χ1n) is 7.62. The molecule has 2 aromatic rings. The minimum atomic E-state index is -1.01. The number of rotatable bonds is 13. The molecule has 0 aliphatic rings. The summed E-state index contributed by atoms with van der Waals surface area (Å²) in [5.74, 6) is -1.34. The second kappa shape index (κ2) is 10.8. The first-order chi connectivity index (χ1) is 12.6. The van der Waals surface area contributed by atoms with Crippen LogP contribution in [0, 0.1) is 0 Å². The molecule has 10 heteroatoms. The number of carboxylic acids is 2. The van der Waals surface area contributed by atoms with Gasteiger partial charge in [0.15, 0.2) is 9.75 Å². The van der Waals surface area contributed by atoms with Gasteiger partial charge in [-0.05, 0) is 22.9 Å². The summed E-state index contributed by atoms with van der Waals surface area (Å²) in [4.78, 5) is 22.2. The molecule has 2 aromatic heterocycles. The summed E-state index contributed by atoms with van der Waals surface area (Å²) in [5, 5.41) is 21.2. The Labute approximate surface area is 157 Å². The molecule has 0 aliphatic heterocycles. The van der Waals surface area contributed by atoms with E-state index in [2.05, 4.69) is 0 Å². The van der Waals surface area contributed by atoms with Gasteiger partial charge < -0.3 is 29.2 Å². The minimum absolute atomic E-state index is 0.171. The number of ether oxygens (including phenoxy) is 4. The molecule has 0 saturated carbocycles. The molecule has 0 aliphatic carbocycles. The van der Waals surface area contributed by atoms with Crippen molar-refractivity contribution in [3.63, 3.8) is 0 Å². The van der Waals surface area contributed by atoms with E-state index in [0.29, 0.717) is 37.9 Å². The zero-order valence-corrected chi connectivity index (χ0v) is 15.3. The van der Waals surface area contributed by atoms with Crippen LogP contribution < -0.4 is 9.47 Å². The van der Waals surface area contributed by atoms with E-state index in [1.807, 2.05) is 0 Å². The van der Waals surface area contributed by atoms with Gasteiger partial charge in [0.2, 0.25) is 0 Å². The Hall–Kier alpha value is -2.14. The number of carbonyl (C=O) groups is 2. The summed E-state index contributed by atoms with van der Waals surface area (Å²) in [6, 6.07) is 3.22. The molecule has 142 valence electrons. The molecule has 2 rings (SSSR count). The van der Waals surface area contributed by atoms with Crippen LogP contribution in [-0.2, 0) is 9.47 Å². The molecule has 2 N–H and O–H groups in total. The van der Waals surface area contributed by atoms with Gasteiger partial charge in [-0.3, -0.25) is 0 Å². The van der Waals surface area contributed by atoms with Crippen molar-refractivity contribution in [3.8, 4) is 11.5 Å². The lowest BCUT2D eigenvalue weighted by atomic mass is 10.4. The number of hydrogen-bond donors (Lipinski definition) is 2. The van der Waals surface area contributed by atoms with Gasteiger partial charge in [0.05, 0.1) is 26.4 Å². The van der Waals surface area contributed by atoms with Gasteiger partial charge >= 0.3 is 11.9 Å². The summed E-state index contributed by atoms with van der Waals surface area (Å²) in [6.45, 7) is 1.83. The highest BCUT2D eigenvalue weighted by molar-refractivity contribution is 7.12. The smallest absolute Gasteiger partial charge is 0.349 e. The number of carboxylic acid groups (broad SMARTS) is 2. The Bertz CT molecular complexity index is 648. The summed E-state index contributed by atoms with van der Waals surface area (Å²) in [6.07, 6.45) is 0. The zero-order chi connectivity index (χ0) is 18.8. The fraction of sp³-hybridized carbons (Fsp3) is 0.375. The van der Waals surface area contributed by atoms with Crippen molar-refractivity contribution in [3.05, 3.63) is 32.6 Å². The van der Waals surface area contributed by atoms with Gasteiger partial charge in [-0.2, -0.15) is 0 Å². The van der Waals surface area contributed by atoms with Gasteiger partial charge in [-0.15, -0.1) is 22.7 Å². The van der Waals surface area contributed by atoms with Crippen molar-refractivity contribution >= 4 is 34.6 Å². The van der Waals surface area contributed by atoms with Crippen molar-refractivity contribution in [2.45, 2.75) is 0 Å². The Kier molecular flexibility index (Phi) is 8.35. The summed E-state index contributed by atoms with van der Waals surface area (Å²) in [5.41, 5.74) is 0. The minimum Gasteiger partial charge on any atom is -0.489 e. The second-order valence-corrected chi connectivity index (χ2v) is 6.59. The van der Waals surface area contributed by atoms with E-state index in [4.69, 9.17) is 29.2 Å². The van der Waals surface area contributed by atoms with Crippen LogP contribution in [-0.4, -0.2) is 61.8 Å². The van der Waals surface area contributed by atoms with Crippen molar-refractivity contribution < 1.29 is 38.7 Å². The Morgan fingerprint density at radius 1 is 0.731 bits per heavy atom. The third-order valence-electron chi connectivity index (χ3n) is 2.99. The molecule has 8 nitrogen and oxygen atoms in total. The molecule has 0 amide bonds. The number of aromatic carboxylic acids is 2. The summed E-state index contributed by atoms with van der Waals surface area (Å²) in [7, 11) is 0. The quantitative estimate of drug-likeness (QED) is 0.492. The van der Waals surface area contributed by atoms with E-state index < -0.39 is 11.9 Å². The van der Waals surface area contributed by atoms with Gasteiger partial charge in [0.25, 0.3) is 0 Å². The van der Waals surface area contributed by atoms with Crippen molar-refractivity contribution in [1.82, 2.24) is 0 Å². The van der Waals surface area contributed by atoms with Crippen LogP contribution >= 0.6 is 22.7 Å². The van der Waals surface area contributed by atoms with Crippen molar-refractivity contribution in [2.24, 2.45) is 0 Å². The predicted molar refractivity (Wildman–Crippen MR) is 95.2 cm³/mol. The third-order valence-corrected chi connectivity index (χ3v) is 4.76. The highest BCUT2D eigenvalue weighted by Crippen LogP contribution is 2.25. The Morgan fingerprint density at radius 3 is 1.50 bits per heavy atom. The molecule has 0 bridgehead atoms. The van der Waals surface area contributed by atoms with E-state index >= 15 is 0 Å². The summed E-state index contributed by atoms with van der Waals surface area (Å²) >= 11 is 2.22. The average Bonchev–Trinajstić information content (AvgIpc) is 3.25. The number of hydrogen-bond acceptors (Lipinski definition) is 8. The molecule has 0 aromatic carbocycles. The van der Waals surface area contributed by atoms with Gasteiger partial charge in [-0.25, -0.2) is 9.59 Å². The Balaban J connectivity index is 1.47. The molecule has 0 spiro atoms. The normalized spacial score (nSPS) is 10.6. The van der Waals surface area contributed by atoms with Gasteiger partial charge in [0.1, 0.15) is 24.7 Å². The topological polar surface area (TPSA) is 112 Å². The maximum absolute atomic E-state index is 10.9. The molecule has 0 fully saturated rings. The van der Waals surface area contributed by atoms with E-state index in [0.717, 1.165) is 22.7 Å². The zero-order valence-electron chi connectivity index (χ0n) is 13.7. The molecule has 0 radical (unpaired) electrons. The predicted octanol–water partition coefficient (Wildman–Crippen LogP) is 2.70. The highest BCUT2D eigenvalue weighted by atomic mass is 32.1. The standard InChI is InChI=1S/C16H18O8S2/c17-15(18)13-11(1-9-25-13)23-7-5-21-3-4-22-6-8-24-12-2-10-26-14(12)16(19)20/h1-2,9-10H,3-8H2,(H,17,18)(H,19,20). The lowest BCUT2D eigenvalue weighted by molar-refractivity contribution is 0.0271. The van der Waals surface area contributed by atoms with Gasteiger partial charge in [-0.1, -0.05) is 0 Å². The first kappa shape index (κ1) is 20.2. The van der Waals surface area contributed by atoms with E-state index in [-0.39, 0.29) is 23.0 Å². The van der Waals surface area contributed by atoms with Crippen LogP contribution in [0.1, 0.15) is 19.3 Å². The molecule has 26 heavy (non-hydrogen) atoms. The lowest BCUT2D eigenvalue weighted by Crippen LogP contribution is -2.14. The van der Waals surface area contributed by atoms with E-state index in [1.54, 1.807) is 22.9 Å². The van der Waals surface area contributed by atoms with E-state index in [9.17, 15) is 9.59 Å². The van der Waals surface area contributed by atoms with Crippen LogP contribution in [0.15, 0.2) is 22.9 Å². The molecule has 0 atom stereocenters. The maximum atomic E-state index is 10.9. The molecular weight excluding hydrogens is 384 g/mol. The molecule has 0 unspecified atom stereocenters. The molecule has 0 saturated heterocycles. The van der Waals surface area contributed by atoms with Crippen molar-refractivity contribution in [1.29, 1.82) is 0 Å². The van der Waals surface area contributed by atoms with Crippen LogP contribution in [0.25, 0.3) is 0 Å². The largest absolute Gasteiger partial charge is 0.489 e. The van der Waals surface area contributed by atoms with E-state index in [1.165, 1.54) is 0 Å². The second-order valence-electron chi connectivity index (χ2n) is 4.76. The number of thiophene rings is 2. The monoisotopic (exact) mass is 402 g/mol. The SMILES string of the molecule is O=C(O)c1sccc1OCCOCCOCCOc1ccsc1C(=O)O.